The first-order chi connectivity index (χ1) is 16.0. The van der Waals surface area contributed by atoms with Crippen LogP contribution in [0.5, 0.6) is 5.75 Å². The summed E-state index contributed by atoms with van der Waals surface area (Å²) in [5.41, 5.74) is 3.18. The van der Waals surface area contributed by atoms with Crippen LogP contribution in [0.15, 0.2) is 54.3 Å². The minimum absolute atomic E-state index is 0.0623. The number of rotatable bonds is 7. The van der Waals surface area contributed by atoms with Crippen molar-refractivity contribution in [2.45, 2.75) is 51.0 Å². The number of ether oxygens (including phenoxy) is 1. The third kappa shape index (κ3) is 5.69. The molecule has 0 fully saturated rings. The number of anilines is 1. The predicted octanol–water partition coefficient (Wildman–Crippen LogP) is 4.61. The van der Waals surface area contributed by atoms with E-state index in [1.165, 1.54) is 11.1 Å². The van der Waals surface area contributed by atoms with Gasteiger partial charge in [-0.1, -0.05) is 30.4 Å². The molecule has 0 saturated heterocycles. The van der Waals surface area contributed by atoms with E-state index < -0.39 is 0 Å². The average Bonchev–Trinajstić information content (AvgIpc) is 3.37. The first-order valence-corrected chi connectivity index (χ1v) is 11.9. The van der Waals surface area contributed by atoms with Gasteiger partial charge in [0.05, 0.1) is 5.56 Å². The Morgan fingerprint density at radius 3 is 2.97 bits per heavy atom. The Hall–Kier alpha value is -2.99. The molecule has 6 heteroatoms. The first-order valence-electron chi connectivity index (χ1n) is 11.9. The van der Waals surface area contributed by atoms with E-state index in [1.807, 2.05) is 27.1 Å². The van der Waals surface area contributed by atoms with Crippen LogP contribution in [0.25, 0.3) is 0 Å². The fraction of sp³-hybridized carbons (Fsp3) is 0.444. The van der Waals surface area contributed by atoms with E-state index in [0.29, 0.717) is 17.8 Å². The molecule has 0 bridgehead atoms. The van der Waals surface area contributed by atoms with Crippen LogP contribution in [-0.2, 0) is 0 Å². The highest BCUT2D eigenvalue weighted by Crippen LogP contribution is 2.33. The van der Waals surface area contributed by atoms with Gasteiger partial charge >= 0.3 is 0 Å². The van der Waals surface area contributed by atoms with Crippen LogP contribution < -0.4 is 15.0 Å². The van der Waals surface area contributed by atoms with Gasteiger partial charge in [-0.05, 0) is 69.0 Å². The van der Waals surface area contributed by atoms with Crippen molar-refractivity contribution in [3.63, 3.8) is 0 Å². The van der Waals surface area contributed by atoms with Gasteiger partial charge in [-0.15, -0.1) is 0 Å². The Morgan fingerprint density at radius 2 is 2.18 bits per heavy atom. The second-order valence-electron chi connectivity index (χ2n) is 8.97. The van der Waals surface area contributed by atoms with Crippen molar-refractivity contribution in [2.24, 2.45) is 0 Å². The lowest BCUT2D eigenvalue weighted by Crippen LogP contribution is -2.24. The van der Waals surface area contributed by atoms with Gasteiger partial charge in [0.15, 0.2) is 5.78 Å². The van der Waals surface area contributed by atoms with Crippen LogP contribution in [0.2, 0.25) is 0 Å². The number of aryl methyl sites for hydroxylation is 1. The number of ketones is 1. The van der Waals surface area contributed by atoms with Gasteiger partial charge in [-0.2, -0.15) is 0 Å². The van der Waals surface area contributed by atoms with Gasteiger partial charge < -0.3 is 15.0 Å². The quantitative estimate of drug-likeness (QED) is 0.670. The number of aromatic nitrogens is 2. The molecule has 2 atom stereocenters. The number of hydrogen-bond acceptors (Lipinski definition) is 6. The number of carbonyl (C=O) groups excluding carboxylic acids is 1. The molecule has 2 unspecified atom stereocenters. The summed E-state index contributed by atoms with van der Waals surface area (Å²) in [6.07, 6.45) is 12.3. The second kappa shape index (κ2) is 10.8. The Bertz CT molecular complexity index is 1050. The van der Waals surface area contributed by atoms with Crippen molar-refractivity contribution >= 4 is 11.6 Å². The number of allylic oxidation sites excluding steroid dienone is 3. The maximum absolute atomic E-state index is 13.0. The lowest BCUT2D eigenvalue weighted by molar-refractivity contribution is 0.0978. The molecular formula is C27H34N4O2. The van der Waals surface area contributed by atoms with Crippen LogP contribution in [0, 0.1) is 6.92 Å². The molecular weight excluding hydrogens is 412 g/mol. The fourth-order valence-corrected chi connectivity index (χ4v) is 4.62. The van der Waals surface area contributed by atoms with Crippen molar-refractivity contribution in [3.8, 4) is 5.75 Å². The summed E-state index contributed by atoms with van der Waals surface area (Å²) in [6.45, 7) is 3.60. The maximum atomic E-state index is 13.0. The van der Waals surface area contributed by atoms with E-state index in [-0.39, 0.29) is 17.8 Å². The van der Waals surface area contributed by atoms with Crippen LogP contribution in [-0.4, -0.2) is 49.0 Å². The largest absolute Gasteiger partial charge is 0.486 e. The van der Waals surface area contributed by atoms with Crippen molar-refractivity contribution < 1.29 is 9.53 Å². The molecule has 1 aliphatic heterocycles. The summed E-state index contributed by atoms with van der Waals surface area (Å²) < 4.78 is 6.47. The number of nitrogens with one attached hydrogen (secondary N) is 1. The zero-order valence-corrected chi connectivity index (χ0v) is 19.9. The SMILES string of the molecule is CNCCC(Oc1cccc(C2CCC(=O)c3cnc(C)nc3N(C)CC2)c1)C1=CC=CC1. The molecule has 0 spiro atoms. The average molecular weight is 447 g/mol. The molecule has 1 aromatic heterocycles. The molecule has 174 valence electrons. The standard InChI is InChI=1S/C27H34N4O2/c1-19-29-18-24-25(32)12-11-20(14-16-31(3)27(24)30-19)22-9-6-10-23(17-22)33-26(13-15-28-2)21-7-4-5-8-21/h4-7,9-10,17-18,20,26,28H,8,11-16H2,1-3H3. The van der Waals surface area contributed by atoms with E-state index >= 15 is 0 Å². The highest BCUT2D eigenvalue weighted by molar-refractivity contribution is 6.00. The van der Waals surface area contributed by atoms with E-state index in [2.05, 4.69) is 56.6 Å². The number of Topliss-reactive ketones (excluding diaryl/α,β-unsaturated/α-hetero) is 1. The molecule has 0 radical (unpaired) electrons. The number of hydrogen-bond donors (Lipinski definition) is 1. The van der Waals surface area contributed by atoms with Gasteiger partial charge in [0.25, 0.3) is 0 Å². The number of carbonyl (C=O) groups is 1. The maximum Gasteiger partial charge on any atom is 0.168 e. The monoisotopic (exact) mass is 446 g/mol. The molecule has 0 saturated carbocycles. The van der Waals surface area contributed by atoms with Crippen LogP contribution in [0.4, 0.5) is 5.82 Å². The van der Waals surface area contributed by atoms with E-state index in [9.17, 15) is 4.79 Å². The normalized spacial score (nSPS) is 19.4. The second-order valence-corrected chi connectivity index (χ2v) is 8.97. The van der Waals surface area contributed by atoms with Crippen LogP contribution >= 0.6 is 0 Å². The highest BCUT2D eigenvalue weighted by atomic mass is 16.5. The van der Waals surface area contributed by atoms with Crippen molar-refractivity contribution in [1.82, 2.24) is 15.3 Å². The molecule has 33 heavy (non-hydrogen) atoms. The van der Waals surface area contributed by atoms with Crippen molar-refractivity contribution in [3.05, 3.63) is 71.2 Å². The van der Waals surface area contributed by atoms with Gasteiger partial charge in [0.1, 0.15) is 23.5 Å². The molecule has 6 nitrogen and oxygen atoms in total. The third-order valence-electron chi connectivity index (χ3n) is 6.56. The smallest absolute Gasteiger partial charge is 0.168 e. The third-order valence-corrected chi connectivity index (χ3v) is 6.56. The summed E-state index contributed by atoms with van der Waals surface area (Å²) >= 11 is 0. The lowest BCUT2D eigenvalue weighted by Gasteiger charge is -2.24. The van der Waals surface area contributed by atoms with Gasteiger partial charge in [0.2, 0.25) is 0 Å². The summed E-state index contributed by atoms with van der Waals surface area (Å²) in [7, 11) is 3.98. The Kier molecular flexibility index (Phi) is 7.55. The summed E-state index contributed by atoms with van der Waals surface area (Å²) in [5, 5.41) is 3.23. The number of nitrogens with zero attached hydrogens (tertiary/aromatic N) is 3. The molecule has 2 aliphatic rings. The van der Waals surface area contributed by atoms with Crippen molar-refractivity contribution in [1.29, 1.82) is 0 Å². The topological polar surface area (TPSA) is 67.3 Å². The zero-order chi connectivity index (χ0) is 23.2. The molecule has 1 aliphatic carbocycles. The van der Waals surface area contributed by atoms with Crippen molar-refractivity contribution in [2.75, 3.05) is 32.1 Å². The summed E-state index contributed by atoms with van der Waals surface area (Å²) in [4.78, 5) is 23.9. The zero-order valence-electron chi connectivity index (χ0n) is 19.9. The van der Waals surface area contributed by atoms with Gasteiger partial charge in [0, 0.05) is 32.6 Å². The Labute approximate surface area is 196 Å². The van der Waals surface area contributed by atoms with Crippen LogP contribution in [0.3, 0.4) is 0 Å². The predicted molar refractivity (Wildman–Crippen MR) is 132 cm³/mol. The first kappa shape index (κ1) is 23.2. The Balaban J connectivity index is 1.51. The van der Waals surface area contributed by atoms with Crippen LogP contribution in [0.1, 0.15) is 59.8 Å². The van der Waals surface area contributed by atoms with E-state index in [1.54, 1.807) is 6.20 Å². The molecule has 0 amide bonds. The molecule has 4 rings (SSSR count). The number of fused-ring (bicyclic) bond motifs is 1. The lowest BCUT2D eigenvalue weighted by atomic mass is 9.90. The summed E-state index contributed by atoms with van der Waals surface area (Å²) in [5.74, 6) is 2.73. The van der Waals surface area contributed by atoms with Gasteiger partial charge in [-0.3, -0.25) is 4.79 Å². The Morgan fingerprint density at radius 1 is 1.30 bits per heavy atom. The van der Waals surface area contributed by atoms with Gasteiger partial charge in [-0.25, -0.2) is 9.97 Å². The molecule has 1 N–H and O–H groups in total. The minimum atomic E-state index is 0.0623. The minimum Gasteiger partial charge on any atom is -0.486 e. The highest BCUT2D eigenvalue weighted by Gasteiger charge is 2.24. The molecule has 2 aromatic rings. The fourth-order valence-electron chi connectivity index (χ4n) is 4.62. The van der Waals surface area contributed by atoms with E-state index in [0.717, 1.165) is 50.3 Å². The molecule has 1 aromatic carbocycles. The van der Waals surface area contributed by atoms with E-state index in [4.69, 9.17) is 4.74 Å². The summed E-state index contributed by atoms with van der Waals surface area (Å²) in [6, 6.07) is 8.44. The number of benzene rings is 1. The molecule has 2 heterocycles.